The summed E-state index contributed by atoms with van der Waals surface area (Å²) in [7, 11) is 0. The minimum absolute atomic E-state index is 0.0947. The topological polar surface area (TPSA) is 57.6 Å². The first kappa shape index (κ1) is 15.8. The first-order valence-corrected chi connectivity index (χ1v) is 7.66. The molecule has 1 amide bonds. The number of halogens is 1. The molecule has 1 N–H and O–H groups in total. The number of aliphatic carboxylic acids is 1. The molecule has 1 aliphatic heterocycles. The van der Waals surface area contributed by atoms with Gasteiger partial charge in [0.25, 0.3) is 0 Å². The number of likely N-dealkylation sites (tertiary alicyclic amines) is 1. The van der Waals surface area contributed by atoms with Crippen LogP contribution in [0.15, 0.2) is 24.3 Å². The molecule has 0 aliphatic carbocycles. The molecule has 1 fully saturated rings. The van der Waals surface area contributed by atoms with E-state index in [1.165, 1.54) is 0 Å². The van der Waals surface area contributed by atoms with Gasteiger partial charge in [-0.25, -0.2) is 0 Å². The van der Waals surface area contributed by atoms with Crippen LogP contribution in [-0.4, -0.2) is 35.0 Å². The maximum absolute atomic E-state index is 12.3. The first-order chi connectivity index (χ1) is 10.0. The smallest absolute Gasteiger partial charge is 0.303 e. The minimum atomic E-state index is -0.766. The van der Waals surface area contributed by atoms with Crippen LogP contribution in [0.4, 0.5) is 0 Å². The zero-order valence-corrected chi connectivity index (χ0v) is 12.7. The number of carboxylic acids is 1. The Labute approximate surface area is 129 Å². The molecule has 0 radical (unpaired) electrons. The summed E-state index contributed by atoms with van der Waals surface area (Å²) in [4.78, 5) is 24.8. The normalized spacial score (nSPS) is 18.5. The fourth-order valence-electron chi connectivity index (χ4n) is 2.79. The SMILES string of the molecule is O=C(O)CC[C@H]1CCCN(C(=O)Cc2cccc(Cl)c2)C1. The van der Waals surface area contributed by atoms with Crippen LogP contribution in [0, 0.1) is 5.92 Å². The molecular weight excluding hydrogens is 290 g/mol. The summed E-state index contributed by atoms with van der Waals surface area (Å²) >= 11 is 5.93. The molecule has 0 unspecified atom stereocenters. The van der Waals surface area contributed by atoms with Crippen molar-refractivity contribution in [1.82, 2.24) is 4.90 Å². The summed E-state index contributed by atoms with van der Waals surface area (Å²) in [6, 6.07) is 7.34. The van der Waals surface area contributed by atoms with E-state index in [-0.39, 0.29) is 12.3 Å². The van der Waals surface area contributed by atoms with Gasteiger partial charge in [0.1, 0.15) is 0 Å². The molecule has 1 atom stereocenters. The van der Waals surface area contributed by atoms with Crippen molar-refractivity contribution in [2.24, 2.45) is 5.92 Å². The van der Waals surface area contributed by atoms with Gasteiger partial charge in [0.15, 0.2) is 0 Å². The number of hydrogen-bond acceptors (Lipinski definition) is 2. The van der Waals surface area contributed by atoms with E-state index in [0.29, 0.717) is 30.3 Å². The van der Waals surface area contributed by atoms with Crippen LogP contribution >= 0.6 is 11.6 Å². The van der Waals surface area contributed by atoms with Gasteiger partial charge in [-0.05, 0) is 42.9 Å². The largest absolute Gasteiger partial charge is 0.481 e. The summed E-state index contributed by atoms with van der Waals surface area (Å²) in [5, 5.41) is 9.38. The van der Waals surface area contributed by atoms with Gasteiger partial charge >= 0.3 is 5.97 Å². The number of amides is 1. The third-order valence-corrected chi connectivity index (χ3v) is 4.12. The van der Waals surface area contributed by atoms with Gasteiger partial charge in [-0.1, -0.05) is 23.7 Å². The molecule has 21 heavy (non-hydrogen) atoms. The highest BCUT2D eigenvalue weighted by molar-refractivity contribution is 6.30. The van der Waals surface area contributed by atoms with E-state index in [0.717, 1.165) is 24.9 Å². The van der Waals surface area contributed by atoms with E-state index < -0.39 is 5.97 Å². The van der Waals surface area contributed by atoms with E-state index in [1.54, 1.807) is 6.07 Å². The molecule has 0 aromatic heterocycles. The van der Waals surface area contributed by atoms with Gasteiger partial charge in [-0.2, -0.15) is 0 Å². The maximum atomic E-state index is 12.3. The lowest BCUT2D eigenvalue weighted by molar-refractivity contribution is -0.137. The highest BCUT2D eigenvalue weighted by Gasteiger charge is 2.24. The van der Waals surface area contributed by atoms with Crippen molar-refractivity contribution >= 4 is 23.5 Å². The Morgan fingerprint density at radius 3 is 2.90 bits per heavy atom. The summed E-state index contributed by atoms with van der Waals surface area (Å²) in [5.74, 6) is -0.368. The van der Waals surface area contributed by atoms with Gasteiger partial charge < -0.3 is 10.0 Å². The van der Waals surface area contributed by atoms with Crippen molar-refractivity contribution < 1.29 is 14.7 Å². The van der Waals surface area contributed by atoms with Crippen molar-refractivity contribution in [2.75, 3.05) is 13.1 Å². The molecule has 1 saturated heterocycles. The van der Waals surface area contributed by atoms with Crippen molar-refractivity contribution in [3.8, 4) is 0 Å². The van der Waals surface area contributed by atoms with Crippen LogP contribution in [0.1, 0.15) is 31.2 Å². The van der Waals surface area contributed by atoms with Gasteiger partial charge in [0, 0.05) is 24.5 Å². The molecule has 5 heteroatoms. The summed E-state index contributed by atoms with van der Waals surface area (Å²) in [6.07, 6.45) is 3.14. The molecule has 1 aliphatic rings. The highest BCUT2D eigenvalue weighted by Crippen LogP contribution is 2.22. The Kier molecular flexibility index (Phi) is 5.62. The molecule has 0 saturated carbocycles. The average Bonchev–Trinajstić information content (AvgIpc) is 2.45. The van der Waals surface area contributed by atoms with Crippen molar-refractivity contribution in [3.63, 3.8) is 0 Å². The van der Waals surface area contributed by atoms with Crippen molar-refractivity contribution in [2.45, 2.75) is 32.1 Å². The standard InChI is InChI=1S/C16H20ClNO3/c17-14-5-1-3-13(9-14)10-15(19)18-8-2-4-12(11-18)6-7-16(20)21/h1,3,5,9,12H,2,4,6-8,10-11H2,(H,20,21)/t12-/m1/s1. The van der Waals surface area contributed by atoms with E-state index in [9.17, 15) is 9.59 Å². The number of rotatable bonds is 5. The molecule has 1 heterocycles. The fourth-order valence-corrected chi connectivity index (χ4v) is 3.00. The van der Waals surface area contributed by atoms with E-state index >= 15 is 0 Å². The summed E-state index contributed by atoms with van der Waals surface area (Å²) in [6.45, 7) is 1.44. The predicted octanol–water partition coefficient (Wildman–Crippen LogP) is 2.99. The van der Waals surface area contributed by atoms with Gasteiger partial charge in [-0.15, -0.1) is 0 Å². The molecule has 4 nitrogen and oxygen atoms in total. The number of carbonyl (C=O) groups excluding carboxylic acids is 1. The Bertz CT molecular complexity index is 518. The molecule has 0 spiro atoms. The van der Waals surface area contributed by atoms with E-state index in [1.807, 2.05) is 23.1 Å². The summed E-state index contributed by atoms with van der Waals surface area (Å²) < 4.78 is 0. The number of nitrogens with zero attached hydrogens (tertiary/aromatic N) is 1. The molecule has 1 aromatic rings. The third kappa shape index (κ3) is 5.05. The van der Waals surface area contributed by atoms with Crippen molar-refractivity contribution in [3.05, 3.63) is 34.9 Å². The van der Waals surface area contributed by atoms with Gasteiger partial charge in [0.2, 0.25) is 5.91 Å². The van der Waals surface area contributed by atoms with Crippen LogP contribution in [0.5, 0.6) is 0 Å². The van der Waals surface area contributed by atoms with Crippen molar-refractivity contribution in [1.29, 1.82) is 0 Å². The second-order valence-corrected chi connectivity index (χ2v) is 6.02. The van der Waals surface area contributed by atoms with Crippen LogP contribution in [0.25, 0.3) is 0 Å². The van der Waals surface area contributed by atoms with Gasteiger partial charge in [-0.3, -0.25) is 9.59 Å². The van der Waals surface area contributed by atoms with E-state index in [2.05, 4.69) is 0 Å². The second kappa shape index (κ2) is 7.46. The Balaban J connectivity index is 1.88. The zero-order valence-electron chi connectivity index (χ0n) is 11.9. The molecular formula is C16H20ClNO3. The van der Waals surface area contributed by atoms with Crippen LogP contribution < -0.4 is 0 Å². The maximum Gasteiger partial charge on any atom is 0.303 e. The quantitative estimate of drug-likeness (QED) is 0.909. The van der Waals surface area contributed by atoms with Crippen LogP contribution in [0.2, 0.25) is 5.02 Å². The number of carboxylic acid groups (broad SMARTS) is 1. The number of piperidine rings is 1. The highest BCUT2D eigenvalue weighted by atomic mass is 35.5. The Hall–Kier alpha value is -1.55. The molecule has 0 bridgehead atoms. The Morgan fingerprint density at radius 1 is 1.38 bits per heavy atom. The lowest BCUT2D eigenvalue weighted by atomic mass is 9.93. The molecule has 1 aromatic carbocycles. The average molecular weight is 310 g/mol. The Morgan fingerprint density at radius 2 is 2.19 bits per heavy atom. The third-order valence-electron chi connectivity index (χ3n) is 3.88. The molecule has 2 rings (SSSR count). The lowest BCUT2D eigenvalue weighted by Gasteiger charge is -2.32. The predicted molar refractivity (Wildman–Crippen MR) is 81.3 cm³/mol. The number of benzene rings is 1. The van der Waals surface area contributed by atoms with Gasteiger partial charge in [0.05, 0.1) is 6.42 Å². The van der Waals surface area contributed by atoms with E-state index in [4.69, 9.17) is 16.7 Å². The lowest BCUT2D eigenvalue weighted by Crippen LogP contribution is -2.40. The minimum Gasteiger partial charge on any atom is -0.481 e. The van der Waals surface area contributed by atoms with Crippen LogP contribution in [-0.2, 0) is 16.0 Å². The monoisotopic (exact) mass is 309 g/mol. The van der Waals surface area contributed by atoms with Crippen LogP contribution in [0.3, 0.4) is 0 Å². The number of hydrogen-bond donors (Lipinski definition) is 1. The zero-order chi connectivity index (χ0) is 15.2. The fraction of sp³-hybridized carbons (Fsp3) is 0.500. The number of carbonyl (C=O) groups is 2. The second-order valence-electron chi connectivity index (χ2n) is 5.59. The summed E-state index contributed by atoms with van der Waals surface area (Å²) in [5.41, 5.74) is 0.917. The molecule has 114 valence electrons. The first-order valence-electron chi connectivity index (χ1n) is 7.28.